The normalized spacial score (nSPS) is 11.5. The molecule has 0 unspecified atom stereocenters. The Kier molecular flexibility index (Phi) is 8.26. The SMILES string of the molecule is C=CC.c1ccc(-c2ccccc2-c2ccc3c(c2)c2ccccc2n3-c2ccc3c(c2)-c2cc(-c4ccccn4)c(-c4ccccn4)cc2C3)nc1. The summed E-state index contributed by atoms with van der Waals surface area (Å²) in [5.74, 6) is 0. The highest BCUT2D eigenvalue weighted by Crippen LogP contribution is 2.45. The summed E-state index contributed by atoms with van der Waals surface area (Å²) in [4.78, 5) is 14.2. The molecule has 5 aromatic carbocycles. The van der Waals surface area contributed by atoms with E-state index < -0.39 is 0 Å². The van der Waals surface area contributed by atoms with Crippen LogP contribution >= 0.6 is 0 Å². The van der Waals surface area contributed by atoms with E-state index in [1.54, 1.807) is 6.08 Å². The number of para-hydroxylation sites is 1. The van der Waals surface area contributed by atoms with Crippen LogP contribution in [0.4, 0.5) is 0 Å². The van der Waals surface area contributed by atoms with E-state index in [0.717, 1.165) is 45.9 Å². The molecule has 53 heavy (non-hydrogen) atoms. The monoisotopic (exact) mass is 680 g/mol. The zero-order valence-electron chi connectivity index (χ0n) is 29.4. The van der Waals surface area contributed by atoms with Gasteiger partial charge in [-0.25, -0.2) is 0 Å². The standard InChI is InChI=1S/C46H30N4.C3H6/c1-2-12-35(42-14-5-8-22-47-42)34(11-1)31-19-21-46-41(26-31)36-13-3-4-17-45(36)50(46)33-20-18-30-25-32-27-39(43-15-6-9-23-48-43)40(29-38(32)37(30)28-33)44-16-7-10-24-49-44;1-3-2/h1-24,26-29H,25H2;3H,1H2,2H3. The molecular weight excluding hydrogens is 645 g/mol. The number of rotatable bonds is 5. The maximum atomic E-state index is 4.76. The molecule has 4 heteroatoms. The van der Waals surface area contributed by atoms with Gasteiger partial charge in [-0.1, -0.05) is 78.9 Å². The number of aromatic nitrogens is 4. The van der Waals surface area contributed by atoms with Crippen LogP contribution in [0.5, 0.6) is 0 Å². The molecule has 4 aromatic heterocycles. The van der Waals surface area contributed by atoms with Crippen molar-refractivity contribution in [2.75, 3.05) is 0 Å². The molecular formula is C49H36N4. The first-order valence-corrected chi connectivity index (χ1v) is 18.0. The summed E-state index contributed by atoms with van der Waals surface area (Å²) in [6, 6.07) is 54.1. The minimum atomic E-state index is 0.888. The van der Waals surface area contributed by atoms with Gasteiger partial charge in [0.05, 0.1) is 28.1 Å². The number of hydrogen-bond donors (Lipinski definition) is 0. The number of allylic oxidation sites excluding steroid dienone is 1. The summed E-state index contributed by atoms with van der Waals surface area (Å²) in [6.07, 6.45) is 8.22. The fraction of sp³-hybridized carbons (Fsp3) is 0.0408. The van der Waals surface area contributed by atoms with E-state index in [0.29, 0.717) is 0 Å². The third-order valence-electron chi connectivity index (χ3n) is 10.00. The molecule has 0 fully saturated rings. The van der Waals surface area contributed by atoms with Crippen molar-refractivity contribution in [2.45, 2.75) is 13.3 Å². The van der Waals surface area contributed by atoms with E-state index in [4.69, 9.17) is 9.97 Å². The molecule has 0 atom stereocenters. The van der Waals surface area contributed by atoms with E-state index in [-0.39, 0.29) is 0 Å². The first kappa shape index (κ1) is 32.0. The molecule has 252 valence electrons. The Morgan fingerprint density at radius 1 is 0.472 bits per heavy atom. The smallest absolute Gasteiger partial charge is 0.0708 e. The molecule has 0 saturated carbocycles. The van der Waals surface area contributed by atoms with Gasteiger partial charge in [0.15, 0.2) is 0 Å². The second-order valence-corrected chi connectivity index (χ2v) is 13.3. The second-order valence-electron chi connectivity index (χ2n) is 13.3. The van der Waals surface area contributed by atoms with E-state index in [1.807, 2.05) is 55.8 Å². The Hall–Kier alpha value is -6.91. The summed E-state index contributed by atoms with van der Waals surface area (Å²) in [5.41, 5.74) is 17.3. The van der Waals surface area contributed by atoms with Crippen LogP contribution in [0, 0.1) is 0 Å². The van der Waals surface area contributed by atoms with Crippen molar-refractivity contribution >= 4 is 21.8 Å². The van der Waals surface area contributed by atoms with Crippen molar-refractivity contribution in [1.29, 1.82) is 0 Å². The van der Waals surface area contributed by atoms with Crippen LogP contribution in [0.1, 0.15) is 18.1 Å². The predicted octanol–water partition coefficient (Wildman–Crippen LogP) is 12.4. The Bertz CT molecular complexity index is 2770. The third-order valence-corrected chi connectivity index (χ3v) is 10.00. The molecule has 0 aliphatic heterocycles. The van der Waals surface area contributed by atoms with Gasteiger partial charge in [-0.15, -0.1) is 6.58 Å². The summed E-state index contributed by atoms with van der Waals surface area (Å²) >= 11 is 0. The van der Waals surface area contributed by atoms with Crippen LogP contribution in [0.25, 0.3) is 83.5 Å². The molecule has 4 heterocycles. The highest BCUT2D eigenvalue weighted by atomic mass is 15.0. The van der Waals surface area contributed by atoms with Gasteiger partial charge in [0.2, 0.25) is 0 Å². The lowest BCUT2D eigenvalue weighted by molar-refractivity contribution is 1.17. The van der Waals surface area contributed by atoms with Crippen molar-refractivity contribution < 1.29 is 0 Å². The van der Waals surface area contributed by atoms with Gasteiger partial charge in [-0.2, -0.15) is 0 Å². The summed E-state index contributed by atoms with van der Waals surface area (Å²) in [7, 11) is 0. The minimum Gasteiger partial charge on any atom is -0.309 e. The van der Waals surface area contributed by atoms with Crippen LogP contribution < -0.4 is 0 Å². The molecule has 0 radical (unpaired) electrons. The highest BCUT2D eigenvalue weighted by molar-refractivity contribution is 6.11. The van der Waals surface area contributed by atoms with E-state index >= 15 is 0 Å². The van der Waals surface area contributed by atoms with E-state index in [2.05, 4.69) is 137 Å². The predicted molar refractivity (Wildman–Crippen MR) is 220 cm³/mol. The fourth-order valence-corrected chi connectivity index (χ4v) is 7.72. The number of fused-ring (bicyclic) bond motifs is 6. The fourth-order valence-electron chi connectivity index (χ4n) is 7.72. The van der Waals surface area contributed by atoms with Gasteiger partial charge in [0.25, 0.3) is 0 Å². The quantitative estimate of drug-likeness (QED) is 0.170. The van der Waals surface area contributed by atoms with Gasteiger partial charge in [0, 0.05) is 51.7 Å². The third kappa shape index (κ3) is 5.71. The molecule has 0 N–H and O–H groups in total. The van der Waals surface area contributed by atoms with Crippen molar-refractivity contribution in [1.82, 2.24) is 19.5 Å². The van der Waals surface area contributed by atoms with Crippen LogP contribution in [0.2, 0.25) is 0 Å². The van der Waals surface area contributed by atoms with Crippen molar-refractivity contribution in [3.63, 3.8) is 0 Å². The lowest BCUT2D eigenvalue weighted by Crippen LogP contribution is -1.95. The van der Waals surface area contributed by atoms with Crippen molar-refractivity contribution in [2.24, 2.45) is 0 Å². The largest absolute Gasteiger partial charge is 0.309 e. The Morgan fingerprint density at radius 3 is 1.72 bits per heavy atom. The summed E-state index contributed by atoms with van der Waals surface area (Å²) < 4.78 is 2.42. The van der Waals surface area contributed by atoms with Crippen LogP contribution in [0.15, 0.2) is 183 Å². The molecule has 10 rings (SSSR count). The van der Waals surface area contributed by atoms with E-state index in [9.17, 15) is 0 Å². The Labute approximate surface area is 309 Å². The topological polar surface area (TPSA) is 43.6 Å². The number of nitrogens with zero attached hydrogens (tertiary/aromatic N) is 4. The maximum Gasteiger partial charge on any atom is 0.0708 e. The second kappa shape index (κ2) is 13.7. The molecule has 0 spiro atoms. The average molecular weight is 681 g/mol. The molecule has 1 aliphatic carbocycles. The molecule has 9 aromatic rings. The van der Waals surface area contributed by atoms with Gasteiger partial charge in [-0.3, -0.25) is 15.0 Å². The highest BCUT2D eigenvalue weighted by Gasteiger charge is 2.24. The average Bonchev–Trinajstić information content (AvgIpc) is 3.76. The number of pyridine rings is 3. The molecule has 1 aliphatic rings. The first-order chi connectivity index (χ1) is 26.2. The molecule has 0 amide bonds. The van der Waals surface area contributed by atoms with Gasteiger partial charge < -0.3 is 4.57 Å². The number of benzene rings is 5. The number of hydrogen-bond acceptors (Lipinski definition) is 3. The molecule has 4 nitrogen and oxygen atoms in total. The van der Waals surface area contributed by atoms with Gasteiger partial charge in [0.1, 0.15) is 0 Å². The van der Waals surface area contributed by atoms with Crippen LogP contribution in [0.3, 0.4) is 0 Å². The van der Waals surface area contributed by atoms with Crippen molar-refractivity contribution in [3.8, 4) is 61.7 Å². The Balaban J connectivity index is 0.00000120. The lowest BCUT2D eigenvalue weighted by Gasteiger charge is -2.14. The minimum absolute atomic E-state index is 0.888. The molecule has 0 saturated heterocycles. The van der Waals surface area contributed by atoms with Crippen LogP contribution in [-0.4, -0.2) is 19.5 Å². The maximum absolute atomic E-state index is 4.76. The molecule has 0 bridgehead atoms. The summed E-state index contributed by atoms with van der Waals surface area (Å²) in [5, 5.41) is 2.46. The first-order valence-electron chi connectivity index (χ1n) is 18.0. The Morgan fingerprint density at radius 2 is 1.04 bits per heavy atom. The van der Waals surface area contributed by atoms with Gasteiger partial charge >= 0.3 is 0 Å². The van der Waals surface area contributed by atoms with Gasteiger partial charge in [-0.05, 0) is 126 Å². The lowest BCUT2D eigenvalue weighted by atomic mass is 9.94. The zero-order chi connectivity index (χ0) is 35.7. The van der Waals surface area contributed by atoms with E-state index in [1.165, 1.54) is 55.2 Å². The van der Waals surface area contributed by atoms with Crippen molar-refractivity contribution in [3.05, 3.63) is 194 Å². The summed E-state index contributed by atoms with van der Waals surface area (Å²) in [6.45, 7) is 5.25. The van der Waals surface area contributed by atoms with Crippen LogP contribution in [-0.2, 0) is 6.42 Å². The zero-order valence-corrected chi connectivity index (χ0v) is 29.4.